The Bertz CT molecular complexity index is 927. The molecule has 3 atom stereocenters. The average molecular weight is 418 g/mol. The van der Waals surface area contributed by atoms with E-state index in [1.807, 2.05) is 37.3 Å². The highest BCUT2D eigenvalue weighted by Crippen LogP contribution is 2.38. The van der Waals surface area contributed by atoms with Crippen molar-refractivity contribution in [2.45, 2.75) is 56.4 Å². The smallest absolute Gasteiger partial charge is 0.303 e. The Hall–Kier alpha value is -2.22. The molecule has 7 heteroatoms. The second kappa shape index (κ2) is 9.07. The fourth-order valence-corrected chi connectivity index (χ4v) is 5.63. The lowest BCUT2D eigenvalue weighted by molar-refractivity contribution is -0.153. The highest BCUT2D eigenvalue weighted by atomic mass is 32.2. The number of hydrogen-bond acceptors (Lipinski definition) is 5. The Labute approximate surface area is 172 Å². The van der Waals surface area contributed by atoms with Gasteiger partial charge < -0.3 is 9.47 Å². The van der Waals surface area contributed by atoms with Gasteiger partial charge in [0.25, 0.3) is 0 Å². The van der Waals surface area contributed by atoms with Crippen LogP contribution in [0.25, 0.3) is 0 Å². The summed E-state index contributed by atoms with van der Waals surface area (Å²) in [7, 11) is -2.35. The zero-order valence-corrected chi connectivity index (χ0v) is 17.8. The number of sulfonamides is 1. The fourth-order valence-electron chi connectivity index (χ4n) is 3.83. The molecule has 0 amide bonds. The molecule has 3 rings (SSSR count). The first-order valence-electron chi connectivity index (χ1n) is 9.69. The summed E-state index contributed by atoms with van der Waals surface area (Å²) in [5.74, 6) is -0.453. The summed E-state index contributed by atoms with van der Waals surface area (Å²) >= 11 is 0. The van der Waals surface area contributed by atoms with E-state index >= 15 is 0 Å². The first-order valence-corrected chi connectivity index (χ1v) is 11.1. The molecule has 0 aromatic heterocycles. The molecule has 1 aliphatic rings. The normalized spacial score (nSPS) is 21.5. The Morgan fingerprint density at radius 2 is 1.72 bits per heavy atom. The molecular weight excluding hydrogens is 390 g/mol. The Kier molecular flexibility index (Phi) is 6.72. The van der Waals surface area contributed by atoms with Gasteiger partial charge in [-0.05, 0) is 43.9 Å². The standard InChI is InChI=1S/C22H27NO5S/c1-16-12-14-19(15-13-16)29(25,26)23-20(10-7-11-21(23)27-3)22(28-17(2)24)18-8-5-4-6-9-18/h4-6,8-9,12-15,20-22H,7,10-11H2,1-3H3/t20-,21-,22+/m0/s1. The number of nitrogens with zero attached hydrogens (tertiary/aromatic N) is 1. The van der Waals surface area contributed by atoms with Crippen LogP contribution in [0.5, 0.6) is 0 Å². The molecule has 0 radical (unpaired) electrons. The zero-order chi connectivity index (χ0) is 21.0. The van der Waals surface area contributed by atoms with Crippen molar-refractivity contribution in [2.24, 2.45) is 0 Å². The second-order valence-electron chi connectivity index (χ2n) is 7.28. The first-order chi connectivity index (χ1) is 13.8. The molecule has 0 N–H and O–H groups in total. The number of esters is 1. The number of aryl methyl sites for hydroxylation is 1. The topological polar surface area (TPSA) is 72.9 Å². The maximum atomic E-state index is 13.6. The lowest BCUT2D eigenvalue weighted by Gasteiger charge is -2.43. The summed E-state index contributed by atoms with van der Waals surface area (Å²) in [6.07, 6.45) is 0.583. The van der Waals surface area contributed by atoms with Crippen molar-refractivity contribution in [1.82, 2.24) is 4.31 Å². The summed E-state index contributed by atoms with van der Waals surface area (Å²) in [6.45, 7) is 3.25. The maximum Gasteiger partial charge on any atom is 0.303 e. The van der Waals surface area contributed by atoms with E-state index in [1.54, 1.807) is 24.3 Å². The van der Waals surface area contributed by atoms with Crippen molar-refractivity contribution in [3.05, 3.63) is 65.7 Å². The predicted octanol–water partition coefficient (Wildman–Crippen LogP) is 3.82. The van der Waals surface area contributed by atoms with Gasteiger partial charge in [0.05, 0.1) is 10.9 Å². The molecule has 29 heavy (non-hydrogen) atoms. The molecular formula is C22H27NO5S. The van der Waals surface area contributed by atoms with Crippen LogP contribution < -0.4 is 0 Å². The number of ether oxygens (including phenoxy) is 2. The molecule has 0 aliphatic carbocycles. The summed E-state index contributed by atoms with van der Waals surface area (Å²) < 4.78 is 39.8. The van der Waals surface area contributed by atoms with Gasteiger partial charge in [0.2, 0.25) is 10.0 Å². The van der Waals surface area contributed by atoms with Crippen molar-refractivity contribution >= 4 is 16.0 Å². The van der Waals surface area contributed by atoms with Gasteiger partial charge in [-0.15, -0.1) is 0 Å². The minimum atomic E-state index is -3.86. The van der Waals surface area contributed by atoms with Crippen molar-refractivity contribution in [3.8, 4) is 0 Å². The lowest BCUT2D eigenvalue weighted by Crippen LogP contribution is -2.53. The minimum Gasteiger partial charge on any atom is -0.456 e. The lowest BCUT2D eigenvalue weighted by atomic mass is 9.94. The van der Waals surface area contributed by atoms with E-state index in [-0.39, 0.29) is 4.90 Å². The van der Waals surface area contributed by atoms with Gasteiger partial charge in [0, 0.05) is 14.0 Å². The van der Waals surface area contributed by atoms with Crippen LogP contribution in [0.2, 0.25) is 0 Å². The van der Waals surface area contributed by atoms with Crippen LogP contribution in [0.15, 0.2) is 59.5 Å². The highest BCUT2D eigenvalue weighted by molar-refractivity contribution is 7.89. The van der Waals surface area contributed by atoms with Crippen LogP contribution in [0.3, 0.4) is 0 Å². The SMILES string of the molecule is CO[C@H]1CCC[C@@H]([C@H](OC(C)=O)c2ccccc2)N1S(=O)(=O)c1ccc(C)cc1. The molecule has 6 nitrogen and oxygen atoms in total. The highest BCUT2D eigenvalue weighted by Gasteiger charge is 2.45. The van der Waals surface area contributed by atoms with E-state index in [2.05, 4.69) is 0 Å². The number of methoxy groups -OCH3 is 1. The molecule has 0 saturated carbocycles. The zero-order valence-electron chi connectivity index (χ0n) is 16.9. The van der Waals surface area contributed by atoms with Crippen molar-refractivity contribution in [2.75, 3.05) is 7.11 Å². The number of carbonyl (C=O) groups is 1. The Balaban J connectivity index is 2.08. The monoisotopic (exact) mass is 417 g/mol. The maximum absolute atomic E-state index is 13.6. The third-order valence-electron chi connectivity index (χ3n) is 5.20. The summed E-state index contributed by atoms with van der Waals surface area (Å²) in [5.41, 5.74) is 1.73. The number of hydrogen-bond donors (Lipinski definition) is 0. The predicted molar refractivity (Wildman–Crippen MR) is 110 cm³/mol. The first kappa shape index (κ1) is 21.5. The van der Waals surface area contributed by atoms with Crippen LogP contribution in [0.1, 0.15) is 43.4 Å². The quantitative estimate of drug-likeness (QED) is 0.668. The van der Waals surface area contributed by atoms with E-state index in [4.69, 9.17) is 9.47 Å². The van der Waals surface area contributed by atoms with Crippen molar-refractivity contribution < 1.29 is 22.7 Å². The van der Waals surface area contributed by atoms with Gasteiger partial charge in [-0.25, -0.2) is 8.42 Å². The van der Waals surface area contributed by atoms with Gasteiger partial charge in [-0.1, -0.05) is 48.0 Å². The molecule has 1 fully saturated rings. The van der Waals surface area contributed by atoms with Gasteiger partial charge in [-0.3, -0.25) is 4.79 Å². The molecule has 0 unspecified atom stereocenters. The number of benzene rings is 2. The molecule has 1 aliphatic heterocycles. The van der Waals surface area contributed by atoms with Crippen LogP contribution in [0, 0.1) is 6.92 Å². The minimum absolute atomic E-state index is 0.201. The molecule has 2 aromatic carbocycles. The molecule has 2 aromatic rings. The summed E-state index contributed by atoms with van der Waals surface area (Å²) in [6, 6.07) is 15.4. The Morgan fingerprint density at radius 1 is 1.07 bits per heavy atom. The second-order valence-corrected chi connectivity index (χ2v) is 9.12. The third-order valence-corrected chi connectivity index (χ3v) is 7.13. The van der Waals surface area contributed by atoms with Crippen LogP contribution >= 0.6 is 0 Å². The van der Waals surface area contributed by atoms with Gasteiger partial charge in [0.15, 0.2) is 0 Å². The third kappa shape index (κ3) is 4.69. The number of piperidine rings is 1. The van der Waals surface area contributed by atoms with Crippen molar-refractivity contribution in [3.63, 3.8) is 0 Å². The average Bonchev–Trinajstić information content (AvgIpc) is 2.72. The van der Waals surface area contributed by atoms with E-state index in [1.165, 1.54) is 18.3 Å². The molecule has 0 bridgehead atoms. The Morgan fingerprint density at radius 3 is 2.31 bits per heavy atom. The molecule has 1 heterocycles. The summed E-state index contributed by atoms with van der Waals surface area (Å²) in [5, 5.41) is 0. The van der Waals surface area contributed by atoms with E-state index in [0.717, 1.165) is 17.5 Å². The van der Waals surface area contributed by atoms with Gasteiger partial charge in [-0.2, -0.15) is 4.31 Å². The van der Waals surface area contributed by atoms with E-state index < -0.39 is 34.4 Å². The van der Waals surface area contributed by atoms with Crippen LogP contribution in [0.4, 0.5) is 0 Å². The molecule has 0 spiro atoms. The van der Waals surface area contributed by atoms with E-state index in [9.17, 15) is 13.2 Å². The van der Waals surface area contributed by atoms with Gasteiger partial charge in [0.1, 0.15) is 12.3 Å². The largest absolute Gasteiger partial charge is 0.456 e. The summed E-state index contributed by atoms with van der Waals surface area (Å²) in [4.78, 5) is 12.1. The van der Waals surface area contributed by atoms with Crippen LogP contribution in [-0.4, -0.2) is 38.1 Å². The number of carbonyl (C=O) groups excluding carboxylic acids is 1. The van der Waals surface area contributed by atoms with Crippen molar-refractivity contribution in [1.29, 1.82) is 0 Å². The molecule has 1 saturated heterocycles. The van der Waals surface area contributed by atoms with Crippen LogP contribution in [-0.2, 0) is 24.3 Å². The fraction of sp³-hybridized carbons (Fsp3) is 0.409. The number of rotatable bonds is 6. The molecule has 156 valence electrons. The van der Waals surface area contributed by atoms with E-state index in [0.29, 0.717) is 12.8 Å². The van der Waals surface area contributed by atoms with Gasteiger partial charge >= 0.3 is 5.97 Å².